The number of halogens is 3. The molecule has 1 saturated heterocycles. The van der Waals surface area contributed by atoms with E-state index in [-0.39, 0.29) is 5.60 Å². The van der Waals surface area contributed by atoms with E-state index in [4.69, 9.17) is 9.47 Å². The van der Waals surface area contributed by atoms with Crippen molar-refractivity contribution in [2.75, 3.05) is 40.5 Å². The molecule has 1 aliphatic heterocycles. The number of rotatable bonds is 6. The number of ether oxygens (including phenoxy) is 2. The fourth-order valence-electron chi connectivity index (χ4n) is 3.20. The van der Waals surface area contributed by atoms with E-state index in [1.54, 1.807) is 20.2 Å². The van der Waals surface area contributed by atoms with Gasteiger partial charge in [-0.1, -0.05) is 18.2 Å². The molecule has 1 aromatic carbocycles. The van der Waals surface area contributed by atoms with Gasteiger partial charge in [0.05, 0.1) is 11.2 Å². The van der Waals surface area contributed by atoms with Gasteiger partial charge in [-0.15, -0.1) is 0 Å². The van der Waals surface area contributed by atoms with Crippen molar-refractivity contribution in [1.29, 1.82) is 0 Å². The summed E-state index contributed by atoms with van der Waals surface area (Å²) >= 11 is 0. The van der Waals surface area contributed by atoms with Crippen molar-refractivity contribution in [1.82, 2.24) is 10.6 Å². The highest BCUT2D eigenvalue weighted by Gasteiger charge is 2.37. The highest BCUT2D eigenvalue weighted by Crippen LogP contribution is 2.37. The molecule has 0 saturated carbocycles. The van der Waals surface area contributed by atoms with E-state index in [2.05, 4.69) is 15.6 Å². The lowest BCUT2D eigenvalue weighted by atomic mass is 9.73. The number of alkyl halides is 3. The average Bonchev–Trinajstić information content (AvgIpc) is 2.68. The lowest BCUT2D eigenvalue weighted by Crippen LogP contribution is -2.50. The molecule has 0 bridgehead atoms. The summed E-state index contributed by atoms with van der Waals surface area (Å²) in [4.78, 5) is 4.22. The molecular formula is C20H30F3N3O2. The van der Waals surface area contributed by atoms with Gasteiger partial charge in [-0.05, 0) is 38.3 Å². The van der Waals surface area contributed by atoms with Crippen LogP contribution in [0.3, 0.4) is 0 Å². The molecule has 0 unspecified atom stereocenters. The normalized spacial score (nSPS) is 18.0. The molecule has 158 valence electrons. The van der Waals surface area contributed by atoms with Crippen molar-refractivity contribution >= 4 is 5.96 Å². The first-order valence-corrected chi connectivity index (χ1v) is 9.37. The number of methoxy groups -OCH3 is 1. The summed E-state index contributed by atoms with van der Waals surface area (Å²) < 4.78 is 50.4. The van der Waals surface area contributed by atoms with E-state index in [1.807, 2.05) is 13.8 Å². The number of benzene rings is 1. The Kier molecular flexibility index (Phi) is 7.33. The summed E-state index contributed by atoms with van der Waals surface area (Å²) in [7, 11) is 3.30. The number of hydrogen-bond acceptors (Lipinski definition) is 3. The molecule has 2 N–H and O–H groups in total. The third-order valence-electron chi connectivity index (χ3n) is 5.30. The van der Waals surface area contributed by atoms with Gasteiger partial charge in [0.2, 0.25) is 0 Å². The van der Waals surface area contributed by atoms with Crippen LogP contribution in [0.2, 0.25) is 0 Å². The van der Waals surface area contributed by atoms with Crippen LogP contribution in [-0.2, 0) is 21.1 Å². The monoisotopic (exact) mass is 401 g/mol. The molecule has 0 amide bonds. The molecule has 1 aromatic rings. The van der Waals surface area contributed by atoms with Crippen LogP contribution in [0.4, 0.5) is 13.2 Å². The van der Waals surface area contributed by atoms with Gasteiger partial charge in [0.25, 0.3) is 0 Å². The number of aliphatic imine (C=N–C) groups is 1. The van der Waals surface area contributed by atoms with Crippen molar-refractivity contribution in [3.8, 4) is 0 Å². The van der Waals surface area contributed by atoms with Gasteiger partial charge in [-0.25, -0.2) is 0 Å². The Morgan fingerprint density at radius 2 is 1.89 bits per heavy atom. The van der Waals surface area contributed by atoms with Crippen LogP contribution >= 0.6 is 0 Å². The highest BCUT2D eigenvalue weighted by molar-refractivity contribution is 5.79. The molecular weight excluding hydrogens is 371 g/mol. The first-order valence-electron chi connectivity index (χ1n) is 9.37. The molecule has 2 rings (SSSR count). The predicted octanol–water partition coefficient (Wildman–Crippen LogP) is 3.34. The predicted molar refractivity (Wildman–Crippen MR) is 104 cm³/mol. The van der Waals surface area contributed by atoms with E-state index in [1.165, 1.54) is 12.1 Å². The van der Waals surface area contributed by atoms with Gasteiger partial charge < -0.3 is 20.1 Å². The molecule has 1 heterocycles. The third kappa shape index (κ3) is 5.85. The second-order valence-corrected chi connectivity index (χ2v) is 7.71. The lowest BCUT2D eigenvalue weighted by molar-refractivity contribution is -0.137. The molecule has 0 radical (unpaired) electrons. The quantitative estimate of drug-likeness (QED) is 0.567. The van der Waals surface area contributed by atoms with E-state index >= 15 is 0 Å². The number of guanidine groups is 1. The molecule has 1 fully saturated rings. The summed E-state index contributed by atoms with van der Waals surface area (Å²) in [5, 5.41) is 6.49. The first-order chi connectivity index (χ1) is 13.1. The minimum absolute atomic E-state index is 0.366. The van der Waals surface area contributed by atoms with Crippen molar-refractivity contribution in [3.63, 3.8) is 0 Å². The Labute approximate surface area is 164 Å². The number of nitrogens with one attached hydrogen (secondary N) is 2. The molecule has 0 atom stereocenters. The summed E-state index contributed by atoms with van der Waals surface area (Å²) in [6.45, 7) is 5.95. The van der Waals surface area contributed by atoms with Crippen LogP contribution in [-0.4, -0.2) is 52.0 Å². The second kappa shape index (κ2) is 9.13. The Morgan fingerprint density at radius 1 is 1.21 bits per heavy atom. The number of nitrogens with zero attached hydrogens (tertiary/aromatic N) is 1. The molecule has 0 aliphatic carbocycles. The Hall–Kier alpha value is -1.80. The lowest BCUT2D eigenvalue weighted by Gasteiger charge is -2.38. The largest absolute Gasteiger partial charge is 0.416 e. The zero-order valence-electron chi connectivity index (χ0n) is 16.9. The van der Waals surface area contributed by atoms with Gasteiger partial charge in [0.1, 0.15) is 0 Å². The fraction of sp³-hybridized carbons (Fsp3) is 0.650. The Morgan fingerprint density at radius 3 is 2.46 bits per heavy atom. The van der Waals surface area contributed by atoms with Gasteiger partial charge in [0.15, 0.2) is 5.96 Å². The smallest absolute Gasteiger partial charge is 0.381 e. The van der Waals surface area contributed by atoms with Crippen LogP contribution in [0.5, 0.6) is 0 Å². The van der Waals surface area contributed by atoms with Gasteiger partial charge in [0, 0.05) is 45.9 Å². The Balaban J connectivity index is 2.17. The van der Waals surface area contributed by atoms with Gasteiger partial charge >= 0.3 is 6.18 Å². The topological polar surface area (TPSA) is 54.9 Å². The summed E-state index contributed by atoms with van der Waals surface area (Å²) in [5.74, 6) is 0.586. The van der Waals surface area contributed by atoms with Crippen LogP contribution < -0.4 is 10.6 Å². The maximum Gasteiger partial charge on any atom is 0.416 e. The first kappa shape index (κ1) is 22.5. The maximum atomic E-state index is 13.2. The third-order valence-corrected chi connectivity index (χ3v) is 5.30. The van der Waals surface area contributed by atoms with Crippen LogP contribution in [0, 0.1) is 0 Å². The summed E-state index contributed by atoms with van der Waals surface area (Å²) in [6, 6.07) is 5.62. The van der Waals surface area contributed by atoms with Crippen molar-refractivity contribution < 1.29 is 22.6 Å². The van der Waals surface area contributed by atoms with Crippen molar-refractivity contribution in [2.24, 2.45) is 4.99 Å². The second-order valence-electron chi connectivity index (χ2n) is 7.71. The van der Waals surface area contributed by atoms with Crippen molar-refractivity contribution in [2.45, 2.75) is 43.9 Å². The number of hydrogen-bond donors (Lipinski definition) is 2. The standard InChI is InChI=1S/C20H30F3N3O2/c1-18(2,27-4)13-25-17(24-3)26-14-19(8-10-28-11-9-19)15-6-5-7-16(12-15)20(21,22)23/h5-7,12H,8-11,13-14H2,1-4H3,(H2,24,25,26). The summed E-state index contributed by atoms with van der Waals surface area (Å²) in [6.07, 6.45) is -3.08. The van der Waals surface area contributed by atoms with E-state index in [9.17, 15) is 13.2 Å². The molecule has 28 heavy (non-hydrogen) atoms. The Bertz CT molecular complexity index is 669. The SMILES string of the molecule is CN=C(NCC(C)(C)OC)NCC1(c2cccc(C(F)(F)F)c2)CCOCC1. The van der Waals surface area contributed by atoms with E-state index < -0.39 is 17.2 Å². The fourth-order valence-corrected chi connectivity index (χ4v) is 3.20. The molecule has 1 aliphatic rings. The van der Waals surface area contributed by atoms with E-state index in [0.717, 1.165) is 6.07 Å². The van der Waals surface area contributed by atoms with Gasteiger partial charge in [-0.2, -0.15) is 13.2 Å². The van der Waals surface area contributed by atoms with Crippen molar-refractivity contribution in [3.05, 3.63) is 35.4 Å². The molecule has 8 heteroatoms. The summed E-state index contributed by atoms with van der Waals surface area (Å²) in [5.41, 5.74) is -0.769. The van der Waals surface area contributed by atoms with Crippen LogP contribution in [0.15, 0.2) is 29.3 Å². The molecule has 5 nitrogen and oxygen atoms in total. The zero-order valence-corrected chi connectivity index (χ0v) is 16.9. The molecule has 0 aromatic heterocycles. The van der Waals surface area contributed by atoms with Crippen LogP contribution in [0.1, 0.15) is 37.8 Å². The molecule has 0 spiro atoms. The zero-order chi connectivity index (χ0) is 20.8. The highest BCUT2D eigenvalue weighted by atomic mass is 19.4. The minimum atomic E-state index is -4.36. The van der Waals surface area contributed by atoms with Crippen LogP contribution in [0.25, 0.3) is 0 Å². The minimum Gasteiger partial charge on any atom is -0.381 e. The maximum absolute atomic E-state index is 13.2. The van der Waals surface area contributed by atoms with E-state index in [0.29, 0.717) is 50.7 Å². The van der Waals surface area contributed by atoms with Gasteiger partial charge in [-0.3, -0.25) is 4.99 Å². The average molecular weight is 401 g/mol.